The first kappa shape index (κ1) is 10.3. The minimum Gasteiger partial charge on any atom is -0.403 e. The second-order valence-electron chi connectivity index (χ2n) is 2.86. The van der Waals surface area contributed by atoms with Gasteiger partial charge in [0.15, 0.2) is 0 Å². The molecule has 4 nitrogen and oxygen atoms in total. The average molecular weight is 230 g/mol. The van der Waals surface area contributed by atoms with Gasteiger partial charge in [0.05, 0.1) is 5.56 Å². The molecule has 0 N–H and O–H groups in total. The first-order chi connectivity index (χ1) is 7.79. The summed E-state index contributed by atoms with van der Waals surface area (Å²) in [5.41, 5.74) is 0.427. The van der Waals surface area contributed by atoms with E-state index in [-0.39, 0.29) is 5.88 Å². The van der Waals surface area contributed by atoms with E-state index in [0.29, 0.717) is 10.4 Å². The quantitative estimate of drug-likeness (QED) is 0.742. The van der Waals surface area contributed by atoms with E-state index in [4.69, 9.17) is 10.00 Å². The fourth-order valence-electron chi connectivity index (χ4n) is 1.05. The van der Waals surface area contributed by atoms with Crippen LogP contribution in [0.4, 0.5) is 0 Å². The lowest BCUT2D eigenvalue weighted by atomic mass is 10.3. The van der Waals surface area contributed by atoms with E-state index in [1.54, 1.807) is 23.6 Å². The number of pyridine rings is 1. The zero-order valence-corrected chi connectivity index (χ0v) is 8.90. The SMILES string of the molecule is N#Cc1ccc(OC(=O)c2cccs2)nc1. The van der Waals surface area contributed by atoms with Gasteiger partial charge in [0, 0.05) is 12.3 Å². The van der Waals surface area contributed by atoms with Crippen LogP contribution in [0.5, 0.6) is 5.88 Å². The molecule has 2 aromatic heterocycles. The van der Waals surface area contributed by atoms with E-state index in [1.807, 2.05) is 6.07 Å². The molecule has 0 aliphatic heterocycles. The van der Waals surface area contributed by atoms with Gasteiger partial charge in [-0.25, -0.2) is 9.78 Å². The second kappa shape index (κ2) is 4.55. The predicted molar refractivity (Wildman–Crippen MR) is 58.2 cm³/mol. The number of rotatable bonds is 2. The van der Waals surface area contributed by atoms with Crippen molar-refractivity contribution >= 4 is 17.3 Å². The van der Waals surface area contributed by atoms with E-state index in [1.165, 1.54) is 23.6 Å². The van der Waals surface area contributed by atoms with Crippen LogP contribution in [-0.2, 0) is 0 Å². The molecular weight excluding hydrogens is 224 g/mol. The highest BCUT2D eigenvalue weighted by molar-refractivity contribution is 7.12. The Hall–Kier alpha value is -2.19. The van der Waals surface area contributed by atoms with Gasteiger partial charge in [-0.3, -0.25) is 0 Å². The molecule has 0 amide bonds. The molecule has 0 aliphatic rings. The molecule has 0 unspecified atom stereocenters. The molecular formula is C11H6N2O2S. The molecule has 0 spiro atoms. The number of nitrogens with zero attached hydrogens (tertiary/aromatic N) is 2. The third kappa shape index (κ3) is 2.24. The van der Waals surface area contributed by atoms with Crippen LogP contribution in [0.25, 0.3) is 0 Å². The monoisotopic (exact) mass is 230 g/mol. The summed E-state index contributed by atoms with van der Waals surface area (Å²) >= 11 is 1.30. The summed E-state index contributed by atoms with van der Waals surface area (Å²) in [4.78, 5) is 15.9. The van der Waals surface area contributed by atoms with Crippen molar-refractivity contribution in [3.63, 3.8) is 0 Å². The Balaban J connectivity index is 2.10. The maximum Gasteiger partial charge on any atom is 0.355 e. The number of thiophene rings is 1. The number of nitriles is 1. The van der Waals surface area contributed by atoms with Crippen LogP contribution in [0.1, 0.15) is 15.2 Å². The molecule has 2 aromatic rings. The van der Waals surface area contributed by atoms with E-state index < -0.39 is 5.97 Å². The van der Waals surface area contributed by atoms with Crippen molar-refractivity contribution < 1.29 is 9.53 Å². The molecule has 5 heteroatoms. The summed E-state index contributed by atoms with van der Waals surface area (Å²) in [5.74, 6) is -0.246. The molecule has 0 fully saturated rings. The van der Waals surface area contributed by atoms with Crippen molar-refractivity contribution in [3.05, 3.63) is 46.3 Å². The Bertz CT molecular complexity index is 526. The molecule has 16 heavy (non-hydrogen) atoms. The van der Waals surface area contributed by atoms with Crippen molar-refractivity contribution in [1.82, 2.24) is 4.98 Å². The Morgan fingerprint density at radius 3 is 2.88 bits per heavy atom. The van der Waals surface area contributed by atoms with Crippen LogP contribution in [0, 0.1) is 11.3 Å². The largest absolute Gasteiger partial charge is 0.403 e. The van der Waals surface area contributed by atoms with Crippen LogP contribution in [0.2, 0.25) is 0 Å². The Morgan fingerprint density at radius 1 is 1.44 bits per heavy atom. The maximum atomic E-state index is 11.5. The standard InChI is InChI=1S/C11H6N2O2S/c12-6-8-3-4-10(13-7-8)15-11(14)9-2-1-5-16-9/h1-5,7H. The lowest BCUT2D eigenvalue weighted by Crippen LogP contribution is -2.07. The van der Waals surface area contributed by atoms with E-state index >= 15 is 0 Å². The zero-order chi connectivity index (χ0) is 11.4. The molecule has 0 aliphatic carbocycles. The topological polar surface area (TPSA) is 63.0 Å². The lowest BCUT2D eigenvalue weighted by molar-refractivity contribution is 0.0732. The highest BCUT2D eigenvalue weighted by Gasteiger charge is 2.09. The number of carbonyl (C=O) groups is 1. The number of carbonyl (C=O) groups excluding carboxylic acids is 1. The minimum absolute atomic E-state index is 0.192. The van der Waals surface area contributed by atoms with E-state index in [0.717, 1.165) is 0 Å². The van der Waals surface area contributed by atoms with Crippen molar-refractivity contribution in [1.29, 1.82) is 5.26 Å². The molecule has 0 saturated carbocycles. The summed E-state index contributed by atoms with van der Waals surface area (Å²) in [6.07, 6.45) is 1.36. The number of ether oxygens (including phenoxy) is 1. The molecule has 0 bridgehead atoms. The highest BCUT2D eigenvalue weighted by Crippen LogP contribution is 2.13. The minimum atomic E-state index is -0.438. The van der Waals surface area contributed by atoms with Crippen molar-refractivity contribution in [3.8, 4) is 11.9 Å². The Labute approximate surface area is 95.7 Å². The van der Waals surface area contributed by atoms with Gasteiger partial charge in [-0.05, 0) is 17.5 Å². The van der Waals surface area contributed by atoms with Gasteiger partial charge in [0.2, 0.25) is 5.88 Å². The first-order valence-corrected chi connectivity index (χ1v) is 5.29. The number of aromatic nitrogens is 1. The molecule has 78 valence electrons. The molecule has 2 rings (SSSR count). The van der Waals surface area contributed by atoms with Gasteiger partial charge >= 0.3 is 5.97 Å². The fraction of sp³-hybridized carbons (Fsp3) is 0. The summed E-state index contributed by atoms with van der Waals surface area (Å²) < 4.78 is 5.01. The van der Waals surface area contributed by atoms with Crippen LogP contribution < -0.4 is 4.74 Å². The zero-order valence-electron chi connectivity index (χ0n) is 8.08. The molecule has 0 atom stereocenters. The lowest BCUT2D eigenvalue weighted by Gasteiger charge is -2.00. The van der Waals surface area contributed by atoms with Gasteiger partial charge in [0.25, 0.3) is 0 Å². The van der Waals surface area contributed by atoms with Crippen LogP contribution in [0.3, 0.4) is 0 Å². The first-order valence-electron chi connectivity index (χ1n) is 4.41. The predicted octanol–water partition coefficient (Wildman–Crippen LogP) is 2.23. The molecule has 0 radical (unpaired) electrons. The number of esters is 1. The van der Waals surface area contributed by atoms with E-state index in [9.17, 15) is 4.79 Å². The fourth-order valence-corrected chi connectivity index (χ4v) is 1.65. The van der Waals surface area contributed by atoms with Crippen molar-refractivity contribution in [2.45, 2.75) is 0 Å². The van der Waals surface area contributed by atoms with Crippen molar-refractivity contribution in [2.24, 2.45) is 0 Å². The van der Waals surface area contributed by atoms with Crippen LogP contribution in [-0.4, -0.2) is 11.0 Å². The number of hydrogen-bond donors (Lipinski definition) is 0. The molecule has 0 aromatic carbocycles. The van der Waals surface area contributed by atoms with E-state index in [2.05, 4.69) is 4.98 Å². The normalized spacial score (nSPS) is 9.44. The molecule has 2 heterocycles. The van der Waals surface area contributed by atoms with Gasteiger partial charge in [-0.2, -0.15) is 5.26 Å². The summed E-state index contributed by atoms with van der Waals surface area (Å²) in [6.45, 7) is 0. The average Bonchev–Trinajstić information content (AvgIpc) is 2.83. The summed E-state index contributed by atoms with van der Waals surface area (Å²) in [5, 5.41) is 10.4. The number of hydrogen-bond acceptors (Lipinski definition) is 5. The maximum absolute atomic E-state index is 11.5. The van der Waals surface area contributed by atoms with Gasteiger partial charge in [-0.15, -0.1) is 11.3 Å². The Morgan fingerprint density at radius 2 is 2.31 bits per heavy atom. The summed E-state index contributed by atoms with van der Waals surface area (Å²) in [7, 11) is 0. The summed E-state index contributed by atoms with van der Waals surface area (Å²) in [6, 6.07) is 8.42. The second-order valence-corrected chi connectivity index (χ2v) is 3.81. The van der Waals surface area contributed by atoms with Crippen LogP contribution >= 0.6 is 11.3 Å². The Kier molecular flexibility index (Phi) is 2.94. The van der Waals surface area contributed by atoms with Gasteiger partial charge in [-0.1, -0.05) is 6.07 Å². The smallest absolute Gasteiger partial charge is 0.355 e. The van der Waals surface area contributed by atoms with Gasteiger partial charge < -0.3 is 4.74 Å². The molecule has 0 saturated heterocycles. The highest BCUT2D eigenvalue weighted by atomic mass is 32.1. The third-order valence-electron chi connectivity index (χ3n) is 1.79. The van der Waals surface area contributed by atoms with Crippen molar-refractivity contribution in [2.75, 3.05) is 0 Å². The van der Waals surface area contributed by atoms with Gasteiger partial charge in [0.1, 0.15) is 10.9 Å². The third-order valence-corrected chi connectivity index (χ3v) is 2.63. The van der Waals surface area contributed by atoms with Crippen LogP contribution in [0.15, 0.2) is 35.8 Å².